The van der Waals surface area contributed by atoms with Crippen molar-refractivity contribution >= 4 is 24.1 Å². The molecule has 1 aliphatic rings. The maximum Gasteiger partial charge on any atom is 0.250 e. The number of ether oxygens (including phenoxy) is 1. The molecular formula is C16H20FN7O. The molecule has 0 saturated carbocycles. The lowest BCUT2D eigenvalue weighted by atomic mass is 10.2. The third-order valence-electron chi connectivity index (χ3n) is 3.53. The molecule has 25 heavy (non-hydrogen) atoms. The van der Waals surface area contributed by atoms with E-state index < -0.39 is 0 Å². The van der Waals surface area contributed by atoms with Gasteiger partial charge in [0.2, 0.25) is 17.8 Å². The molecule has 0 bridgehead atoms. The number of rotatable bonds is 5. The van der Waals surface area contributed by atoms with Crippen LogP contribution in [0.5, 0.6) is 0 Å². The second kappa shape index (κ2) is 7.84. The Morgan fingerprint density at radius 2 is 2.04 bits per heavy atom. The van der Waals surface area contributed by atoms with Gasteiger partial charge in [-0.05, 0) is 17.7 Å². The summed E-state index contributed by atoms with van der Waals surface area (Å²) in [7, 11) is 3.72. The van der Waals surface area contributed by atoms with Crippen molar-refractivity contribution in [3.63, 3.8) is 0 Å². The topological polar surface area (TPSA) is 78.8 Å². The molecule has 0 unspecified atom stereocenters. The van der Waals surface area contributed by atoms with Crippen LogP contribution in [0.4, 0.5) is 22.2 Å². The maximum atomic E-state index is 13.2. The van der Waals surface area contributed by atoms with Crippen LogP contribution in [-0.4, -0.2) is 61.6 Å². The van der Waals surface area contributed by atoms with Gasteiger partial charge in [0.05, 0.1) is 19.4 Å². The van der Waals surface area contributed by atoms with Crippen molar-refractivity contribution in [1.29, 1.82) is 0 Å². The van der Waals surface area contributed by atoms with Gasteiger partial charge in [-0.3, -0.25) is 0 Å². The van der Waals surface area contributed by atoms with E-state index in [0.29, 0.717) is 36.6 Å². The third-order valence-corrected chi connectivity index (χ3v) is 3.53. The monoisotopic (exact) mass is 345 g/mol. The summed E-state index contributed by atoms with van der Waals surface area (Å²) in [5.41, 5.74) is 3.43. The van der Waals surface area contributed by atoms with Gasteiger partial charge >= 0.3 is 0 Å². The Balaban J connectivity index is 1.78. The second-order valence-corrected chi connectivity index (χ2v) is 5.68. The number of benzene rings is 1. The minimum absolute atomic E-state index is 0.311. The van der Waals surface area contributed by atoms with Crippen LogP contribution in [0.3, 0.4) is 0 Å². The summed E-state index contributed by atoms with van der Waals surface area (Å²) < 4.78 is 18.5. The maximum absolute atomic E-state index is 13.2. The number of hydrogen-bond donors (Lipinski definition) is 1. The summed E-state index contributed by atoms with van der Waals surface area (Å²) in [6.07, 6.45) is 1.51. The number of anilines is 3. The van der Waals surface area contributed by atoms with Crippen molar-refractivity contribution in [2.24, 2.45) is 5.10 Å². The van der Waals surface area contributed by atoms with Gasteiger partial charge < -0.3 is 14.5 Å². The quantitative estimate of drug-likeness (QED) is 0.647. The standard InChI is InChI=1S/C16H20FN7O/c1-23(2)15-19-14(20-16(21-15)24-6-8-25-9-7-24)22-18-11-12-4-3-5-13(17)10-12/h3-5,10-11H,6-9H2,1-2H3,(H,19,20,21,22)/b18-11+. The zero-order valence-electron chi connectivity index (χ0n) is 14.2. The van der Waals surface area contributed by atoms with Gasteiger partial charge in [0, 0.05) is 27.2 Å². The normalized spacial score (nSPS) is 14.8. The highest BCUT2D eigenvalue weighted by Gasteiger charge is 2.17. The number of nitrogens with zero attached hydrogens (tertiary/aromatic N) is 6. The number of halogens is 1. The summed E-state index contributed by atoms with van der Waals surface area (Å²) in [5, 5.41) is 4.08. The van der Waals surface area contributed by atoms with E-state index in [1.165, 1.54) is 18.3 Å². The predicted octanol–water partition coefficient (Wildman–Crippen LogP) is 1.36. The fourth-order valence-electron chi connectivity index (χ4n) is 2.26. The van der Waals surface area contributed by atoms with Crippen LogP contribution in [0.2, 0.25) is 0 Å². The first-order valence-electron chi connectivity index (χ1n) is 7.92. The van der Waals surface area contributed by atoms with Crippen molar-refractivity contribution in [2.75, 3.05) is 55.6 Å². The van der Waals surface area contributed by atoms with Crippen molar-refractivity contribution in [3.05, 3.63) is 35.6 Å². The first kappa shape index (κ1) is 17.0. The number of aromatic nitrogens is 3. The van der Waals surface area contributed by atoms with E-state index in [0.717, 1.165) is 13.1 Å². The molecule has 1 aromatic carbocycles. The largest absolute Gasteiger partial charge is 0.378 e. The molecule has 9 heteroatoms. The molecule has 1 aliphatic heterocycles. The summed E-state index contributed by atoms with van der Waals surface area (Å²) in [4.78, 5) is 17.0. The van der Waals surface area contributed by atoms with Crippen LogP contribution in [0.25, 0.3) is 0 Å². The first-order chi connectivity index (χ1) is 12.1. The Kier molecular flexibility index (Phi) is 5.34. The minimum Gasteiger partial charge on any atom is -0.378 e. The first-order valence-corrected chi connectivity index (χ1v) is 7.92. The predicted molar refractivity (Wildman–Crippen MR) is 94.8 cm³/mol. The number of morpholine rings is 1. The molecule has 0 atom stereocenters. The molecule has 0 radical (unpaired) electrons. The zero-order valence-corrected chi connectivity index (χ0v) is 14.2. The van der Waals surface area contributed by atoms with E-state index in [-0.39, 0.29) is 5.82 Å². The van der Waals surface area contributed by atoms with Crippen LogP contribution >= 0.6 is 0 Å². The zero-order chi connectivity index (χ0) is 17.6. The third kappa shape index (κ3) is 4.60. The lowest BCUT2D eigenvalue weighted by Gasteiger charge is -2.27. The van der Waals surface area contributed by atoms with Gasteiger partial charge in [-0.15, -0.1) is 0 Å². The number of nitrogens with one attached hydrogen (secondary N) is 1. The molecule has 1 saturated heterocycles. The molecule has 3 rings (SSSR count). The summed E-state index contributed by atoms with van der Waals surface area (Å²) >= 11 is 0. The van der Waals surface area contributed by atoms with Gasteiger partial charge in [0.15, 0.2) is 0 Å². The smallest absolute Gasteiger partial charge is 0.250 e. The van der Waals surface area contributed by atoms with Crippen LogP contribution in [0.1, 0.15) is 5.56 Å². The Morgan fingerprint density at radius 3 is 2.76 bits per heavy atom. The Labute approximate surface area is 145 Å². The molecule has 132 valence electrons. The average molecular weight is 345 g/mol. The van der Waals surface area contributed by atoms with Gasteiger partial charge in [0.1, 0.15) is 5.82 Å². The van der Waals surface area contributed by atoms with Crippen molar-refractivity contribution in [2.45, 2.75) is 0 Å². The van der Waals surface area contributed by atoms with Crippen LogP contribution in [-0.2, 0) is 4.74 Å². The number of hydrogen-bond acceptors (Lipinski definition) is 8. The van der Waals surface area contributed by atoms with E-state index in [9.17, 15) is 4.39 Å². The van der Waals surface area contributed by atoms with E-state index in [1.54, 1.807) is 17.0 Å². The van der Waals surface area contributed by atoms with Gasteiger partial charge in [-0.1, -0.05) is 12.1 Å². The van der Waals surface area contributed by atoms with E-state index in [4.69, 9.17) is 4.74 Å². The fourth-order valence-corrected chi connectivity index (χ4v) is 2.26. The van der Waals surface area contributed by atoms with Crippen LogP contribution < -0.4 is 15.2 Å². The molecule has 0 amide bonds. The number of hydrazone groups is 1. The van der Waals surface area contributed by atoms with Crippen LogP contribution in [0, 0.1) is 5.82 Å². The Hall–Kier alpha value is -2.81. The van der Waals surface area contributed by atoms with E-state index in [2.05, 4.69) is 25.5 Å². The lowest BCUT2D eigenvalue weighted by molar-refractivity contribution is 0.122. The second-order valence-electron chi connectivity index (χ2n) is 5.68. The molecule has 1 aromatic heterocycles. The molecule has 0 spiro atoms. The Morgan fingerprint density at radius 1 is 1.24 bits per heavy atom. The molecule has 1 N–H and O–H groups in total. The SMILES string of the molecule is CN(C)c1nc(N/N=C/c2cccc(F)c2)nc(N2CCOCC2)n1. The summed E-state index contributed by atoms with van der Waals surface area (Å²) in [6.45, 7) is 2.73. The average Bonchev–Trinajstić information content (AvgIpc) is 2.62. The highest BCUT2D eigenvalue weighted by Crippen LogP contribution is 2.16. The lowest BCUT2D eigenvalue weighted by Crippen LogP contribution is -2.37. The van der Waals surface area contributed by atoms with Gasteiger partial charge in [-0.2, -0.15) is 20.1 Å². The molecule has 1 fully saturated rings. The van der Waals surface area contributed by atoms with Crippen LogP contribution in [0.15, 0.2) is 29.4 Å². The fraction of sp³-hybridized carbons (Fsp3) is 0.375. The Bertz CT molecular complexity index is 747. The van der Waals surface area contributed by atoms with Gasteiger partial charge in [-0.25, -0.2) is 9.82 Å². The highest BCUT2D eigenvalue weighted by atomic mass is 19.1. The summed E-state index contributed by atoms with van der Waals surface area (Å²) in [6, 6.07) is 6.16. The summed E-state index contributed by atoms with van der Waals surface area (Å²) in [5.74, 6) is 1.12. The molecule has 8 nitrogen and oxygen atoms in total. The van der Waals surface area contributed by atoms with Crippen molar-refractivity contribution in [3.8, 4) is 0 Å². The molecule has 2 heterocycles. The van der Waals surface area contributed by atoms with E-state index >= 15 is 0 Å². The highest BCUT2D eigenvalue weighted by molar-refractivity contribution is 5.79. The molecule has 0 aliphatic carbocycles. The van der Waals surface area contributed by atoms with Crippen molar-refractivity contribution in [1.82, 2.24) is 15.0 Å². The minimum atomic E-state index is -0.311. The van der Waals surface area contributed by atoms with Gasteiger partial charge in [0.25, 0.3) is 0 Å². The van der Waals surface area contributed by atoms with Crippen molar-refractivity contribution < 1.29 is 9.13 Å². The molecule has 2 aromatic rings. The molecular weight excluding hydrogens is 325 g/mol. The van der Waals surface area contributed by atoms with E-state index in [1.807, 2.05) is 19.0 Å².